The molecule has 0 bridgehead atoms. The second-order valence-corrected chi connectivity index (χ2v) is 4.32. The molecule has 0 saturated heterocycles. The van der Waals surface area contributed by atoms with E-state index in [1.165, 1.54) is 16.7 Å². The van der Waals surface area contributed by atoms with Crippen LogP contribution in [0.2, 0.25) is 0 Å². The van der Waals surface area contributed by atoms with Crippen LogP contribution in [0.15, 0.2) is 17.5 Å². The Morgan fingerprint density at radius 2 is 2.29 bits per heavy atom. The maximum absolute atomic E-state index is 13.3. The lowest BCUT2D eigenvalue weighted by atomic mass is 10.1. The fraction of sp³-hybridized carbons (Fsp3) is 0.100. The Hall–Kier alpha value is -0.740. The van der Waals surface area contributed by atoms with Crippen molar-refractivity contribution in [3.8, 4) is 0 Å². The molecule has 1 aromatic carbocycles. The minimum absolute atomic E-state index is 0.310. The number of aldehydes is 1. The van der Waals surface area contributed by atoms with Gasteiger partial charge in [0.15, 0.2) is 6.29 Å². The lowest BCUT2D eigenvalue weighted by molar-refractivity contribution is 0.112. The minimum atomic E-state index is -0.310. The Labute approximate surface area is 92.7 Å². The van der Waals surface area contributed by atoms with Gasteiger partial charge in [0, 0.05) is 26.4 Å². The minimum Gasteiger partial charge on any atom is -0.298 e. The van der Waals surface area contributed by atoms with E-state index in [4.69, 9.17) is 0 Å². The van der Waals surface area contributed by atoms with Gasteiger partial charge in [-0.05, 0) is 11.6 Å². The zero-order valence-electron chi connectivity index (χ0n) is 7.09. The molecule has 14 heavy (non-hydrogen) atoms. The Bertz CT molecular complexity index is 492. The van der Waals surface area contributed by atoms with Crippen LogP contribution in [0, 0.1) is 5.82 Å². The first-order valence-electron chi connectivity index (χ1n) is 3.97. The molecular formula is C10H6BrFOS. The fourth-order valence-electron chi connectivity index (χ4n) is 1.41. The largest absolute Gasteiger partial charge is 0.298 e. The lowest BCUT2D eigenvalue weighted by Gasteiger charge is -2.01. The van der Waals surface area contributed by atoms with E-state index in [0.29, 0.717) is 22.6 Å². The molecule has 0 amide bonds. The smallest absolute Gasteiger partial charge is 0.151 e. The summed E-state index contributed by atoms with van der Waals surface area (Å²) in [5.41, 5.74) is 1.28. The Kier molecular flexibility index (Phi) is 2.65. The van der Waals surface area contributed by atoms with E-state index >= 15 is 0 Å². The summed E-state index contributed by atoms with van der Waals surface area (Å²) in [6.45, 7) is 0. The molecule has 1 heterocycles. The summed E-state index contributed by atoms with van der Waals surface area (Å²) in [6, 6.07) is 3.68. The highest BCUT2D eigenvalue weighted by atomic mass is 79.9. The third-order valence-corrected chi connectivity index (χ3v) is 3.61. The van der Waals surface area contributed by atoms with E-state index in [1.54, 1.807) is 0 Å². The summed E-state index contributed by atoms with van der Waals surface area (Å²) in [5.74, 6) is -0.310. The number of carbonyl (C=O) groups excluding carboxylic acids is 1. The molecule has 2 aromatic rings. The molecule has 0 unspecified atom stereocenters. The van der Waals surface area contributed by atoms with Gasteiger partial charge in [-0.3, -0.25) is 4.79 Å². The van der Waals surface area contributed by atoms with Crippen molar-refractivity contribution in [3.63, 3.8) is 0 Å². The lowest BCUT2D eigenvalue weighted by Crippen LogP contribution is -1.90. The highest BCUT2D eigenvalue weighted by Crippen LogP contribution is 2.29. The third-order valence-electron chi connectivity index (χ3n) is 2.09. The number of fused-ring (bicyclic) bond motifs is 1. The standard InChI is InChI=1S/C10H6BrFOS/c11-3-6-1-2-9-10(7(6)4-13)8(12)5-14-9/h1-2,4-5H,3H2. The van der Waals surface area contributed by atoms with Gasteiger partial charge in [0.25, 0.3) is 0 Å². The molecule has 0 radical (unpaired) electrons. The van der Waals surface area contributed by atoms with Gasteiger partial charge in [-0.15, -0.1) is 11.3 Å². The van der Waals surface area contributed by atoms with Crippen LogP contribution in [0.3, 0.4) is 0 Å². The van der Waals surface area contributed by atoms with Crippen molar-refractivity contribution < 1.29 is 9.18 Å². The zero-order chi connectivity index (χ0) is 10.1. The average Bonchev–Trinajstić information content (AvgIpc) is 2.59. The fourth-order valence-corrected chi connectivity index (χ4v) is 2.72. The number of carbonyl (C=O) groups is 1. The second-order valence-electron chi connectivity index (χ2n) is 2.85. The van der Waals surface area contributed by atoms with Gasteiger partial charge in [-0.1, -0.05) is 22.0 Å². The van der Waals surface area contributed by atoms with E-state index in [0.717, 1.165) is 10.3 Å². The summed E-state index contributed by atoms with van der Waals surface area (Å²) < 4.78 is 14.2. The normalized spacial score (nSPS) is 10.7. The van der Waals surface area contributed by atoms with Crippen LogP contribution in [-0.4, -0.2) is 6.29 Å². The van der Waals surface area contributed by atoms with Crippen molar-refractivity contribution in [1.82, 2.24) is 0 Å². The van der Waals surface area contributed by atoms with Crippen molar-refractivity contribution in [1.29, 1.82) is 0 Å². The van der Waals surface area contributed by atoms with Crippen molar-refractivity contribution in [3.05, 3.63) is 34.5 Å². The molecule has 0 fully saturated rings. The number of thiophene rings is 1. The average molecular weight is 273 g/mol. The molecule has 0 aliphatic heterocycles. The topological polar surface area (TPSA) is 17.1 Å². The highest BCUT2D eigenvalue weighted by molar-refractivity contribution is 9.08. The Balaban J connectivity index is 2.87. The van der Waals surface area contributed by atoms with Crippen LogP contribution in [-0.2, 0) is 5.33 Å². The van der Waals surface area contributed by atoms with Gasteiger partial charge in [0.1, 0.15) is 5.82 Å². The monoisotopic (exact) mass is 272 g/mol. The van der Waals surface area contributed by atoms with Crippen molar-refractivity contribution in [2.45, 2.75) is 5.33 Å². The van der Waals surface area contributed by atoms with Crippen LogP contribution < -0.4 is 0 Å². The maximum Gasteiger partial charge on any atom is 0.151 e. The predicted octanol–water partition coefficient (Wildman–Crippen LogP) is 3.75. The molecule has 0 saturated carbocycles. The number of rotatable bonds is 2. The van der Waals surface area contributed by atoms with Crippen LogP contribution in [0.5, 0.6) is 0 Å². The first kappa shape index (κ1) is 9.80. The Morgan fingerprint density at radius 3 is 2.93 bits per heavy atom. The molecule has 0 N–H and O–H groups in total. The molecule has 0 aliphatic rings. The maximum atomic E-state index is 13.3. The number of alkyl halides is 1. The second kappa shape index (κ2) is 3.79. The van der Waals surface area contributed by atoms with Gasteiger partial charge in [0.2, 0.25) is 0 Å². The molecule has 1 nitrogen and oxygen atoms in total. The van der Waals surface area contributed by atoms with E-state index in [-0.39, 0.29) is 5.82 Å². The first-order valence-corrected chi connectivity index (χ1v) is 5.97. The van der Waals surface area contributed by atoms with Crippen LogP contribution in [0.25, 0.3) is 10.1 Å². The van der Waals surface area contributed by atoms with E-state index in [1.807, 2.05) is 12.1 Å². The summed E-state index contributed by atoms with van der Waals surface area (Å²) >= 11 is 4.58. The van der Waals surface area contributed by atoms with E-state index < -0.39 is 0 Å². The quantitative estimate of drug-likeness (QED) is 0.601. The van der Waals surface area contributed by atoms with Crippen molar-refractivity contribution in [2.75, 3.05) is 0 Å². The van der Waals surface area contributed by atoms with E-state index in [9.17, 15) is 9.18 Å². The van der Waals surface area contributed by atoms with Gasteiger partial charge < -0.3 is 0 Å². The molecular weight excluding hydrogens is 267 g/mol. The molecule has 1 aromatic heterocycles. The van der Waals surface area contributed by atoms with Gasteiger partial charge in [-0.2, -0.15) is 0 Å². The molecule has 0 aliphatic carbocycles. The van der Waals surface area contributed by atoms with Crippen LogP contribution in [0.1, 0.15) is 15.9 Å². The zero-order valence-corrected chi connectivity index (χ0v) is 9.49. The molecule has 72 valence electrons. The molecule has 0 spiro atoms. The number of hydrogen-bond acceptors (Lipinski definition) is 2. The van der Waals surface area contributed by atoms with Gasteiger partial charge in [0.05, 0.1) is 0 Å². The van der Waals surface area contributed by atoms with E-state index in [2.05, 4.69) is 15.9 Å². The van der Waals surface area contributed by atoms with Crippen LogP contribution >= 0.6 is 27.3 Å². The number of halogens is 2. The molecule has 2 rings (SSSR count). The van der Waals surface area contributed by atoms with Crippen LogP contribution in [0.4, 0.5) is 4.39 Å². The number of benzene rings is 1. The predicted molar refractivity (Wildman–Crippen MR) is 59.8 cm³/mol. The van der Waals surface area contributed by atoms with Gasteiger partial charge in [-0.25, -0.2) is 4.39 Å². The number of hydrogen-bond donors (Lipinski definition) is 0. The summed E-state index contributed by atoms with van der Waals surface area (Å²) in [6.07, 6.45) is 0.717. The van der Waals surface area contributed by atoms with Gasteiger partial charge >= 0.3 is 0 Å². The third kappa shape index (κ3) is 1.38. The molecule has 4 heteroatoms. The SMILES string of the molecule is O=Cc1c(CBr)ccc2scc(F)c12. The van der Waals surface area contributed by atoms with Crippen molar-refractivity contribution >= 4 is 43.6 Å². The Morgan fingerprint density at radius 1 is 1.50 bits per heavy atom. The molecule has 0 atom stereocenters. The summed E-state index contributed by atoms with van der Waals surface area (Å²) in [4.78, 5) is 10.9. The summed E-state index contributed by atoms with van der Waals surface area (Å²) in [5, 5.41) is 2.43. The highest BCUT2D eigenvalue weighted by Gasteiger charge is 2.11. The van der Waals surface area contributed by atoms with Crippen molar-refractivity contribution in [2.24, 2.45) is 0 Å². The first-order chi connectivity index (χ1) is 6.77. The summed E-state index contributed by atoms with van der Waals surface area (Å²) in [7, 11) is 0.